The smallest absolute Gasteiger partial charge is 0.381 e. The second-order valence-electron chi connectivity index (χ2n) is 5.39. The molecule has 3 rings (SSSR count). The molecule has 2 unspecified atom stereocenters. The molecule has 1 fully saturated rings. The summed E-state index contributed by atoms with van der Waals surface area (Å²) in [4.78, 5) is 17.3. The van der Waals surface area contributed by atoms with Gasteiger partial charge in [0.05, 0.1) is 24.6 Å². The van der Waals surface area contributed by atoms with E-state index in [0.29, 0.717) is 11.3 Å². The number of nitrogens with two attached hydrogens (primary N) is 1. The lowest BCUT2D eigenvalue weighted by molar-refractivity contribution is -0.134. The molecule has 0 bridgehead atoms. The van der Waals surface area contributed by atoms with Gasteiger partial charge in [0.15, 0.2) is 11.5 Å². The first-order valence-corrected chi connectivity index (χ1v) is 8.67. The van der Waals surface area contributed by atoms with Crippen LogP contribution in [0.5, 0.6) is 0 Å². The first kappa shape index (κ1) is 17.2. The third kappa shape index (κ3) is 3.26. The Balaban J connectivity index is 1.81. The fourth-order valence-corrected chi connectivity index (χ4v) is 3.48. The second-order valence-corrected chi connectivity index (χ2v) is 6.80. The van der Waals surface area contributed by atoms with E-state index < -0.39 is 32.3 Å². The van der Waals surface area contributed by atoms with Gasteiger partial charge in [0, 0.05) is 0 Å². The Labute approximate surface area is 136 Å². The molecule has 1 aliphatic rings. The zero-order chi connectivity index (χ0) is 17.5. The first-order valence-electron chi connectivity index (χ1n) is 7.18. The number of rotatable bonds is 4. The van der Waals surface area contributed by atoms with Crippen LogP contribution in [0.4, 0.5) is 10.2 Å². The van der Waals surface area contributed by atoms with E-state index in [4.69, 9.17) is 19.5 Å². The number of phosphoric ester groups is 1. The highest BCUT2D eigenvalue weighted by Gasteiger charge is 2.43. The van der Waals surface area contributed by atoms with E-state index in [9.17, 15) is 13.8 Å². The highest BCUT2D eigenvalue weighted by atomic mass is 31.2. The summed E-state index contributed by atoms with van der Waals surface area (Å²) in [5.74, 6) is 0.212. The molecule has 5 atom stereocenters. The zero-order valence-corrected chi connectivity index (χ0v) is 13.8. The van der Waals surface area contributed by atoms with Crippen molar-refractivity contribution >= 4 is 19.3 Å². The molecule has 10 nitrogen and oxygen atoms in total. The summed E-state index contributed by atoms with van der Waals surface area (Å²) in [5, 5.41) is 4.06. The van der Waals surface area contributed by atoms with Crippen molar-refractivity contribution in [2.24, 2.45) is 0 Å². The molecule has 0 spiro atoms. The van der Waals surface area contributed by atoms with Gasteiger partial charge in [-0.05, 0) is 13.8 Å². The Morgan fingerprint density at radius 1 is 1.54 bits per heavy atom. The maximum Gasteiger partial charge on any atom is 0.472 e. The van der Waals surface area contributed by atoms with Gasteiger partial charge in [-0.3, -0.25) is 9.05 Å². The number of anilines is 1. The number of imidazole rings is 1. The first-order chi connectivity index (χ1) is 11.3. The van der Waals surface area contributed by atoms with Crippen molar-refractivity contribution in [3.8, 4) is 0 Å². The van der Waals surface area contributed by atoms with E-state index in [1.165, 1.54) is 24.0 Å². The highest BCUT2D eigenvalue weighted by molar-refractivity contribution is 7.47. The van der Waals surface area contributed by atoms with E-state index in [-0.39, 0.29) is 12.4 Å². The molecule has 132 valence electrons. The molecule has 0 amide bonds. The molecular formula is C12H17FN5O5P. The SMILES string of the molecule is CC(F)[C@@H]1OP(=O)(O)OC[C@H]1O[C@H](C)c1cnc2c(N)ncnn12. The number of nitrogens with zero attached hydrogens (tertiary/aromatic N) is 4. The van der Waals surface area contributed by atoms with Crippen molar-refractivity contribution in [3.63, 3.8) is 0 Å². The van der Waals surface area contributed by atoms with Crippen molar-refractivity contribution in [1.82, 2.24) is 19.6 Å². The Morgan fingerprint density at radius 3 is 3.00 bits per heavy atom. The molecule has 1 saturated heterocycles. The van der Waals surface area contributed by atoms with E-state index in [1.807, 2.05) is 0 Å². The lowest BCUT2D eigenvalue weighted by Crippen LogP contribution is -2.44. The van der Waals surface area contributed by atoms with E-state index in [0.717, 1.165) is 0 Å². The molecule has 0 aromatic carbocycles. The minimum absolute atomic E-state index is 0.212. The summed E-state index contributed by atoms with van der Waals surface area (Å²) in [6, 6.07) is 0. The largest absolute Gasteiger partial charge is 0.472 e. The standard InChI is InChI=1S/C12H17FN5O5P/c1-6(13)10-9(4-21-24(19,20)23-10)22-7(2)8-3-15-12-11(14)16-5-17-18(8)12/h3,5-7,9-10H,4H2,1-2H3,(H,19,20)(H2,14,16,17)/t6?,7-,9-,10+/m1/s1. The van der Waals surface area contributed by atoms with Gasteiger partial charge in [-0.1, -0.05) is 0 Å². The Morgan fingerprint density at radius 2 is 2.29 bits per heavy atom. The number of phosphoric acid groups is 1. The van der Waals surface area contributed by atoms with Crippen LogP contribution in [0.15, 0.2) is 12.5 Å². The minimum atomic E-state index is -4.26. The minimum Gasteiger partial charge on any atom is -0.381 e. The highest BCUT2D eigenvalue weighted by Crippen LogP contribution is 2.50. The average molecular weight is 361 g/mol. The topological polar surface area (TPSA) is 134 Å². The predicted octanol–water partition coefficient (Wildman–Crippen LogP) is 1.03. The summed E-state index contributed by atoms with van der Waals surface area (Å²) in [6.45, 7) is 2.65. The maximum absolute atomic E-state index is 13.7. The average Bonchev–Trinajstić information content (AvgIpc) is 2.94. The lowest BCUT2D eigenvalue weighted by atomic mass is 10.1. The number of alkyl halides is 1. The molecule has 2 aromatic heterocycles. The van der Waals surface area contributed by atoms with Gasteiger partial charge in [0.1, 0.15) is 24.7 Å². The van der Waals surface area contributed by atoms with Crippen LogP contribution in [0.1, 0.15) is 25.6 Å². The van der Waals surface area contributed by atoms with Gasteiger partial charge in [-0.15, -0.1) is 0 Å². The maximum atomic E-state index is 13.7. The number of nitrogen functional groups attached to an aromatic ring is 1. The quantitative estimate of drug-likeness (QED) is 0.765. The molecule has 24 heavy (non-hydrogen) atoms. The van der Waals surface area contributed by atoms with Crippen molar-refractivity contribution in [3.05, 3.63) is 18.2 Å². The summed E-state index contributed by atoms with van der Waals surface area (Å²) >= 11 is 0. The van der Waals surface area contributed by atoms with Gasteiger partial charge >= 0.3 is 7.82 Å². The van der Waals surface area contributed by atoms with Crippen molar-refractivity contribution in [1.29, 1.82) is 0 Å². The van der Waals surface area contributed by atoms with Gasteiger partial charge in [-0.2, -0.15) is 5.10 Å². The third-order valence-electron chi connectivity index (χ3n) is 3.63. The molecule has 1 aliphatic heterocycles. The van der Waals surface area contributed by atoms with Crippen LogP contribution in [-0.2, 0) is 18.3 Å². The van der Waals surface area contributed by atoms with Crippen molar-refractivity contribution in [2.45, 2.75) is 38.3 Å². The molecule has 0 saturated carbocycles. The van der Waals surface area contributed by atoms with Crippen LogP contribution in [0.2, 0.25) is 0 Å². The molecule has 2 aromatic rings. The van der Waals surface area contributed by atoms with Crippen LogP contribution < -0.4 is 5.73 Å². The fourth-order valence-electron chi connectivity index (χ4n) is 2.47. The monoisotopic (exact) mass is 361 g/mol. The van der Waals surface area contributed by atoms with Crippen LogP contribution in [0.3, 0.4) is 0 Å². The van der Waals surface area contributed by atoms with E-state index in [1.54, 1.807) is 6.92 Å². The summed E-state index contributed by atoms with van der Waals surface area (Å²) in [6.07, 6.45) is -1.41. The molecule has 12 heteroatoms. The normalized spacial score (nSPS) is 30.3. The molecular weight excluding hydrogens is 344 g/mol. The van der Waals surface area contributed by atoms with E-state index in [2.05, 4.69) is 15.1 Å². The third-order valence-corrected chi connectivity index (χ3v) is 4.61. The van der Waals surface area contributed by atoms with Crippen LogP contribution in [0.25, 0.3) is 5.65 Å². The number of fused-ring (bicyclic) bond motifs is 1. The van der Waals surface area contributed by atoms with Crippen LogP contribution in [0, 0.1) is 0 Å². The summed E-state index contributed by atoms with van der Waals surface area (Å²) in [5.41, 5.74) is 6.65. The van der Waals surface area contributed by atoms with Gasteiger partial charge in [-0.25, -0.2) is 23.4 Å². The van der Waals surface area contributed by atoms with Crippen molar-refractivity contribution in [2.75, 3.05) is 12.3 Å². The zero-order valence-electron chi connectivity index (χ0n) is 12.9. The van der Waals surface area contributed by atoms with Gasteiger partial charge in [0.2, 0.25) is 0 Å². The number of hydrogen-bond donors (Lipinski definition) is 2. The number of halogens is 1. The molecule has 0 radical (unpaired) electrons. The summed E-state index contributed by atoms with van der Waals surface area (Å²) in [7, 11) is -4.26. The predicted molar refractivity (Wildman–Crippen MR) is 79.7 cm³/mol. The number of ether oxygens (including phenoxy) is 1. The Hall–Kier alpha value is -1.65. The molecule has 3 heterocycles. The van der Waals surface area contributed by atoms with E-state index >= 15 is 0 Å². The molecule has 0 aliphatic carbocycles. The lowest BCUT2D eigenvalue weighted by Gasteiger charge is -2.35. The van der Waals surface area contributed by atoms with Crippen molar-refractivity contribution < 1.29 is 27.6 Å². The van der Waals surface area contributed by atoms with Crippen LogP contribution in [-0.4, -0.2) is 49.5 Å². The Kier molecular flexibility index (Phi) is 4.54. The number of hydrogen-bond acceptors (Lipinski definition) is 8. The van der Waals surface area contributed by atoms with Gasteiger partial charge < -0.3 is 15.4 Å². The summed E-state index contributed by atoms with van der Waals surface area (Å²) < 4.78 is 41.9. The van der Waals surface area contributed by atoms with Gasteiger partial charge in [0.25, 0.3) is 0 Å². The second kappa shape index (κ2) is 6.34. The fraction of sp³-hybridized carbons (Fsp3) is 0.583. The van der Waals surface area contributed by atoms with Crippen LogP contribution >= 0.6 is 7.82 Å². The number of aromatic nitrogens is 4. The molecule has 3 N–H and O–H groups in total. The Bertz CT molecular complexity index is 786.